The molecule has 0 spiro atoms. The topological polar surface area (TPSA) is 86.7 Å². The first-order valence-electron chi connectivity index (χ1n) is 11.3. The van der Waals surface area contributed by atoms with E-state index < -0.39 is 5.60 Å². The van der Waals surface area contributed by atoms with Gasteiger partial charge in [0.2, 0.25) is 0 Å². The van der Waals surface area contributed by atoms with E-state index in [1.54, 1.807) is 12.1 Å². The van der Waals surface area contributed by atoms with Crippen LogP contribution in [0.2, 0.25) is 0 Å². The van der Waals surface area contributed by atoms with Gasteiger partial charge in [-0.3, -0.25) is 0 Å². The Morgan fingerprint density at radius 2 is 1.84 bits per heavy atom. The van der Waals surface area contributed by atoms with Gasteiger partial charge in [0.15, 0.2) is 11.5 Å². The van der Waals surface area contributed by atoms with Crippen LogP contribution in [0.25, 0.3) is 10.9 Å². The number of phenolic OH excluding ortho intramolecular Hbond substituents is 2. The molecule has 0 aliphatic heterocycles. The molecule has 0 amide bonds. The lowest BCUT2D eigenvalue weighted by molar-refractivity contribution is -0.0454. The molecule has 0 bridgehead atoms. The summed E-state index contributed by atoms with van der Waals surface area (Å²) in [7, 11) is 0. The molecule has 0 atom stereocenters. The molecule has 3 aromatic rings. The summed E-state index contributed by atoms with van der Waals surface area (Å²) < 4.78 is 12.1. The van der Waals surface area contributed by atoms with Gasteiger partial charge >= 0.3 is 0 Å². The SMILES string of the molecule is CC(C)CNCCc1c[nH]c2ccc(OCC(C)(C)OCCc3ccc(O)c(O)c3)cc12. The van der Waals surface area contributed by atoms with Crippen LogP contribution in [0.1, 0.15) is 38.8 Å². The molecule has 0 saturated heterocycles. The van der Waals surface area contributed by atoms with Gasteiger partial charge in [0, 0.05) is 17.1 Å². The zero-order valence-corrected chi connectivity index (χ0v) is 19.6. The first kappa shape index (κ1) is 24.0. The highest BCUT2D eigenvalue weighted by molar-refractivity contribution is 5.84. The van der Waals surface area contributed by atoms with E-state index in [2.05, 4.69) is 42.5 Å². The number of hydrogen-bond donors (Lipinski definition) is 4. The molecule has 3 rings (SSSR count). The Balaban J connectivity index is 1.51. The van der Waals surface area contributed by atoms with Gasteiger partial charge in [-0.2, -0.15) is 0 Å². The lowest BCUT2D eigenvalue weighted by Crippen LogP contribution is -2.33. The fourth-order valence-corrected chi connectivity index (χ4v) is 3.54. The van der Waals surface area contributed by atoms with Crippen LogP contribution in [0, 0.1) is 5.92 Å². The lowest BCUT2D eigenvalue weighted by Gasteiger charge is -2.25. The maximum absolute atomic E-state index is 9.61. The van der Waals surface area contributed by atoms with Crippen molar-refractivity contribution in [3.63, 3.8) is 0 Å². The summed E-state index contributed by atoms with van der Waals surface area (Å²) in [5.41, 5.74) is 2.85. The Labute approximate surface area is 190 Å². The molecule has 0 saturated carbocycles. The Morgan fingerprint density at radius 1 is 1.03 bits per heavy atom. The number of aromatic hydroxyl groups is 2. The molecule has 0 aliphatic carbocycles. The van der Waals surface area contributed by atoms with E-state index in [1.807, 2.05) is 19.9 Å². The van der Waals surface area contributed by atoms with Crippen molar-refractivity contribution in [1.82, 2.24) is 10.3 Å². The van der Waals surface area contributed by atoms with Gasteiger partial charge in [0.1, 0.15) is 12.4 Å². The Morgan fingerprint density at radius 3 is 2.59 bits per heavy atom. The lowest BCUT2D eigenvalue weighted by atomic mass is 10.1. The first-order chi connectivity index (χ1) is 15.2. The minimum absolute atomic E-state index is 0.111. The number of H-pyrrole nitrogens is 1. The molecule has 32 heavy (non-hydrogen) atoms. The van der Waals surface area contributed by atoms with Crippen molar-refractivity contribution in [2.75, 3.05) is 26.3 Å². The van der Waals surface area contributed by atoms with Gasteiger partial charge in [-0.05, 0) is 87.2 Å². The predicted molar refractivity (Wildman–Crippen MR) is 129 cm³/mol. The molecule has 0 radical (unpaired) electrons. The van der Waals surface area contributed by atoms with Gasteiger partial charge in [0.05, 0.1) is 12.2 Å². The number of nitrogens with one attached hydrogen (secondary N) is 2. The number of phenols is 2. The average molecular weight is 441 g/mol. The third-order valence-corrected chi connectivity index (χ3v) is 5.37. The second-order valence-corrected chi connectivity index (χ2v) is 9.34. The van der Waals surface area contributed by atoms with Gasteiger partial charge < -0.3 is 30.0 Å². The molecule has 2 aromatic carbocycles. The molecule has 1 heterocycles. The van der Waals surface area contributed by atoms with Crippen LogP contribution >= 0.6 is 0 Å². The minimum atomic E-state index is -0.463. The van der Waals surface area contributed by atoms with Gasteiger partial charge in [-0.25, -0.2) is 0 Å². The van der Waals surface area contributed by atoms with E-state index in [4.69, 9.17) is 9.47 Å². The summed E-state index contributed by atoms with van der Waals surface area (Å²) in [6.07, 6.45) is 3.69. The van der Waals surface area contributed by atoms with Crippen LogP contribution in [0.15, 0.2) is 42.6 Å². The number of benzene rings is 2. The fraction of sp³-hybridized carbons (Fsp3) is 0.462. The van der Waals surface area contributed by atoms with Crippen molar-refractivity contribution in [3.05, 3.63) is 53.7 Å². The van der Waals surface area contributed by atoms with E-state index in [9.17, 15) is 10.2 Å². The van der Waals surface area contributed by atoms with Crippen molar-refractivity contribution in [1.29, 1.82) is 0 Å². The standard InChI is InChI=1S/C26H36N2O4/c1-18(2)15-27-11-9-20-16-28-23-7-6-21(14-22(20)23)31-17-26(3,4)32-12-10-19-5-8-24(29)25(30)13-19/h5-8,13-14,16,18,27-30H,9-12,15,17H2,1-4H3. The summed E-state index contributed by atoms with van der Waals surface area (Å²) >= 11 is 0. The van der Waals surface area contributed by atoms with Crippen molar-refractivity contribution in [2.24, 2.45) is 5.92 Å². The molecular weight excluding hydrogens is 404 g/mol. The second-order valence-electron chi connectivity index (χ2n) is 9.34. The predicted octanol–water partition coefficient (Wildman–Crippen LogP) is 4.78. The summed E-state index contributed by atoms with van der Waals surface area (Å²) in [6.45, 7) is 11.3. The van der Waals surface area contributed by atoms with Gasteiger partial charge in [0.25, 0.3) is 0 Å². The number of rotatable bonds is 12. The second kappa shape index (κ2) is 10.7. The van der Waals surface area contributed by atoms with Gasteiger partial charge in [-0.15, -0.1) is 0 Å². The maximum Gasteiger partial charge on any atom is 0.157 e. The number of fused-ring (bicyclic) bond motifs is 1. The van der Waals surface area contributed by atoms with E-state index in [1.165, 1.54) is 17.0 Å². The monoisotopic (exact) mass is 440 g/mol. The van der Waals surface area contributed by atoms with Crippen LogP contribution in [-0.4, -0.2) is 47.1 Å². The van der Waals surface area contributed by atoms with Crippen LogP contribution < -0.4 is 10.1 Å². The van der Waals surface area contributed by atoms with Crippen LogP contribution in [0.5, 0.6) is 17.2 Å². The highest BCUT2D eigenvalue weighted by Crippen LogP contribution is 2.26. The number of ether oxygens (including phenoxy) is 2. The molecule has 6 nitrogen and oxygen atoms in total. The van der Waals surface area contributed by atoms with E-state index in [0.717, 1.165) is 36.3 Å². The molecular formula is C26H36N2O4. The zero-order valence-electron chi connectivity index (χ0n) is 19.6. The Hall–Kier alpha value is -2.70. The first-order valence-corrected chi connectivity index (χ1v) is 11.3. The molecule has 0 unspecified atom stereocenters. The van der Waals surface area contributed by atoms with Crippen molar-refractivity contribution < 1.29 is 19.7 Å². The third kappa shape index (κ3) is 6.90. The number of aromatic amines is 1. The normalized spacial score (nSPS) is 12.0. The summed E-state index contributed by atoms with van der Waals surface area (Å²) in [4.78, 5) is 3.35. The highest BCUT2D eigenvalue weighted by atomic mass is 16.5. The van der Waals surface area contributed by atoms with E-state index >= 15 is 0 Å². The molecule has 0 aliphatic rings. The van der Waals surface area contributed by atoms with Crippen molar-refractivity contribution in [3.8, 4) is 17.2 Å². The Kier molecular flexibility index (Phi) is 8.04. The quantitative estimate of drug-likeness (QED) is 0.240. The van der Waals surface area contributed by atoms with Crippen molar-refractivity contribution in [2.45, 2.75) is 46.1 Å². The van der Waals surface area contributed by atoms with E-state index in [-0.39, 0.29) is 11.5 Å². The maximum atomic E-state index is 9.61. The molecule has 1 aromatic heterocycles. The summed E-state index contributed by atoms with van der Waals surface area (Å²) in [6, 6.07) is 11.0. The third-order valence-electron chi connectivity index (χ3n) is 5.37. The zero-order chi connectivity index (χ0) is 23.1. The Bertz CT molecular complexity index is 1010. The summed E-state index contributed by atoms with van der Waals surface area (Å²) in [5.74, 6) is 1.25. The number of hydrogen-bond acceptors (Lipinski definition) is 5. The average Bonchev–Trinajstić information content (AvgIpc) is 3.14. The van der Waals surface area contributed by atoms with Crippen LogP contribution in [0.4, 0.5) is 0 Å². The van der Waals surface area contributed by atoms with Crippen LogP contribution in [0.3, 0.4) is 0 Å². The minimum Gasteiger partial charge on any atom is -0.504 e. The molecule has 0 fully saturated rings. The van der Waals surface area contributed by atoms with Gasteiger partial charge in [-0.1, -0.05) is 19.9 Å². The summed E-state index contributed by atoms with van der Waals surface area (Å²) in [5, 5.41) is 23.7. The highest BCUT2D eigenvalue weighted by Gasteiger charge is 2.20. The van der Waals surface area contributed by atoms with Crippen LogP contribution in [-0.2, 0) is 17.6 Å². The smallest absolute Gasteiger partial charge is 0.157 e. The largest absolute Gasteiger partial charge is 0.504 e. The number of aromatic nitrogens is 1. The fourth-order valence-electron chi connectivity index (χ4n) is 3.54. The van der Waals surface area contributed by atoms with Crippen molar-refractivity contribution >= 4 is 10.9 Å². The molecule has 6 heteroatoms. The molecule has 4 N–H and O–H groups in total. The molecule has 174 valence electrons. The van der Waals surface area contributed by atoms with E-state index in [0.29, 0.717) is 25.6 Å².